The molecule has 29 heavy (non-hydrogen) atoms. The number of aromatic nitrogens is 1. The van der Waals surface area contributed by atoms with Gasteiger partial charge < -0.3 is 14.7 Å². The lowest BCUT2D eigenvalue weighted by Crippen LogP contribution is -2.23. The largest absolute Gasteiger partial charge is 0.360 e. The van der Waals surface area contributed by atoms with E-state index in [1.54, 1.807) is 30.0 Å². The van der Waals surface area contributed by atoms with Gasteiger partial charge in [-0.1, -0.05) is 28.9 Å². The number of hydrogen-bond acceptors (Lipinski definition) is 4. The van der Waals surface area contributed by atoms with Gasteiger partial charge in [0.1, 0.15) is 22.8 Å². The maximum absolute atomic E-state index is 14.3. The number of halogens is 2. The van der Waals surface area contributed by atoms with Crippen LogP contribution < -0.4 is 10.2 Å². The Morgan fingerprint density at radius 2 is 2.07 bits per heavy atom. The van der Waals surface area contributed by atoms with Gasteiger partial charge in [-0.05, 0) is 43.7 Å². The van der Waals surface area contributed by atoms with Gasteiger partial charge in [0.15, 0.2) is 0 Å². The van der Waals surface area contributed by atoms with Crippen molar-refractivity contribution in [3.63, 3.8) is 0 Å². The van der Waals surface area contributed by atoms with Crippen molar-refractivity contribution < 1.29 is 18.5 Å². The summed E-state index contributed by atoms with van der Waals surface area (Å²) in [5, 5.41) is 6.74. The van der Waals surface area contributed by atoms with E-state index in [1.165, 1.54) is 18.2 Å². The van der Waals surface area contributed by atoms with Gasteiger partial charge in [0.2, 0.25) is 5.91 Å². The van der Waals surface area contributed by atoms with E-state index in [0.717, 1.165) is 6.42 Å². The first-order valence-corrected chi connectivity index (χ1v) is 9.46. The third-order valence-electron chi connectivity index (χ3n) is 4.78. The average Bonchev–Trinajstić information content (AvgIpc) is 3.27. The van der Waals surface area contributed by atoms with E-state index in [0.29, 0.717) is 24.3 Å². The Bertz CT molecular complexity index is 1090. The van der Waals surface area contributed by atoms with Crippen molar-refractivity contribution in [1.29, 1.82) is 0 Å². The van der Waals surface area contributed by atoms with Crippen LogP contribution >= 0.6 is 11.6 Å². The molecule has 0 bridgehead atoms. The Hall–Kier alpha value is -3.19. The summed E-state index contributed by atoms with van der Waals surface area (Å²) in [6.07, 6.45) is 1.32. The van der Waals surface area contributed by atoms with Crippen LogP contribution in [0.4, 0.5) is 15.8 Å². The maximum Gasteiger partial charge on any atom is 0.261 e. The van der Waals surface area contributed by atoms with Gasteiger partial charge in [-0.3, -0.25) is 9.59 Å². The number of nitrogens with zero attached hydrogens (tertiary/aromatic N) is 2. The monoisotopic (exact) mass is 413 g/mol. The van der Waals surface area contributed by atoms with Gasteiger partial charge in [0.25, 0.3) is 5.91 Å². The summed E-state index contributed by atoms with van der Waals surface area (Å²) in [5.74, 6) is -0.820. The first-order valence-electron chi connectivity index (χ1n) is 9.08. The molecule has 8 heteroatoms. The number of nitrogens with one attached hydrogen (secondary N) is 1. The first kappa shape index (κ1) is 19.1. The molecule has 0 atom stereocenters. The molecule has 4 rings (SSSR count). The zero-order valence-electron chi connectivity index (χ0n) is 15.5. The van der Waals surface area contributed by atoms with Crippen molar-refractivity contribution in [2.75, 3.05) is 16.8 Å². The molecule has 2 amide bonds. The highest BCUT2D eigenvalue weighted by Gasteiger charge is 2.26. The van der Waals surface area contributed by atoms with Crippen LogP contribution in [-0.4, -0.2) is 23.5 Å². The number of rotatable bonds is 4. The smallest absolute Gasteiger partial charge is 0.261 e. The molecule has 6 nitrogen and oxygen atoms in total. The van der Waals surface area contributed by atoms with Crippen LogP contribution in [0.2, 0.25) is 5.02 Å². The second-order valence-corrected chi connectivity index (χ2v) is 7.12. The Labute approximate surface area is 171 Å². The van der Waals surface area contributed by atoms with Crippen molar-refractivity contribution in [2.24, 2.45) is 0 Å². The maximum atomic E-state index is 14.3. The van der Waals surface area contributed by atoms with E-state index in [1.807, 2.05) is 6.07 Å². The van der Waals surface area contributed by atoms with E-state index in [-0.39, 0.29) is 33.5 Å². The highest BCUT2D eigenvalue weighted by Crippen LogP contribution is 2.34. The molecule has 0 spiro atoms. The van der Waals surface area contributed by atoms with E-state index in [4.69, 9.17) is 16.1 Å². The summed E-state index contributed by atoms with van der Waals surface area (Å²) in [7, 11) is 0. The number of carbonyl (C=O) groups is 2. The summed E-state index contributed by atoms with van der Waals surface area (Å²) >= 11 is 6.13. The fourth-order valence-corrected chi connectivity index (χ4v) is 3.65. The molecule has 148 valence electrons. The van der Waals surface area contributed by atoms with Gasteiger partial charge in [-0.25, -0.2) is 4.39 Å². The minimum absolute atomic E-state index is 0.00702. The van der Waals surface area contributed by atoms with Crippen molar-refractivity contribution in [3.05, 3.63) is 64.6 Å². The molecule has 0 aliphatic carbocycles. The van der Waals surface area contributed by atoms with Crippen LogP contribution in [0, 0.1) is 12.7 Å². The predicted molar refractivity (Wildman–Crippen MR) is 108 cm³/mol. The quantitative estimate of drug-likeness (QED) is 0.665. The van der Waals surface area contributed by atoms with Crippen molar-refractivity contribution in [1.82, 2.24) is 5.16 Å². The molecule has 3 aromatic rings. The third kappa shape index (κ3) is 3.61. The zero-order valence-corrected chi connectivity index (χ0v) is 16.3. The normalized spacial score (nSPS) is 13.8. The molecule has 1 aliphatic heterocycles. The molecule has 0 radical (unpaired) electrons. The Morgan fingerprint density at radius 1 is 1.28 bits per heavy atom. The minimum atomic E-state index is -0.602. The van der Waals surface area contributed by atoms with Gasteiger partial charge in [0, 0.05) is 24.3 Å². The summed E-state index contributed by atoms with van der Waals surface area (Å²) in [5.41, 5.74) is 1.35. The molecule has 2 heterocycles. The number of hydrogen-bond donors (Lipinski definition) is 1. The van der Waals surface area contributed by atoms with Crippen LogP contribution in [0.5, 0.6) is 0 Å². The molecule has 1 aromatic heterocycles. The molecule has 0 unspecified atom stereocenters. The fraction of sp³-hybridized carbons (Fsp3) is 0.190. The molecule has 2 aromatic carbocycles. The number of carbonyl (C=O) groups excluding carboxylic acids is 2. The van der Waals surface area contributed by atoms with Crippen LogP contribution in [-0.2, 0) is 4.79 Å². The Balaban J connectivity index is 1.65. The topological polar surface area (TPSA) is 75.4 Å². The number of benzene rings is 2. The molecule has 1 fully saturated rings. The molecular formula is C21H17ClFN3O3. The van der Waals surface area contributed by atoms with E-state index >= 15 is 0 Å². The lowest BCUT2D eigenvalue weighted by atomic mass is 10.0. The van der Waals surface area contributed by atoms with Crippen molar-refractivity contribution in [3.8, 4) is 11.3 Å². The first-order chi connectivity index (χ1) is 14.0. The highest BCUT2D eigenvalue weighted by molar-refractivity contribution is 6.33. The standard InChI is InChI=1S/C21H17ClFN3O3/c1-12-18(20(25-29-12)19-15(22)7-3-8-16(19)23)21(28)24-13-5-2-6-14(11-13)26-10-4-9-17(26)27/h2-3,5-8,11H,4,9-10H2,1H3,(H,24,28). The predicted octanol–water partition coefficient (Wildman–Crippen LogP) is 4.82. The summed E-state index contributed by atoms with van der Waals surface area (Å²) in [6.45, 7) is 2.22. The van der Waals surface area contributed by atoms with E-state index < -0.39 is 11.7 Å². The summed E-state index contributed by atoms with van der Waals surface area (Å²) in [4.78, 5) is 26.6. The average molecular weight is 414 g/mol. The van der Waals surface area contributed by atoms with Gasteiger partial charge in [-0.15, -0.1) is 0 Å². The molecule has 1 N–H and O–H groups in total. The Morgan fingerprint density at radius 3 is 2.79 bits per heavy atom. The Kier molecular flexibility index (Phi) is 5.07. The van der Waals surface area contributed by atoms with E-state index in [2.05, 4.69) is 10.5 Å². The lowest BCUT2D eigenvalue weighted by molar-refractivity contribution is -0.117. The third-order valence-corrected chi connectivity index (χ3v) is 5.09. The van der Waals surface area contributed by atoms with Gasteiger partial charge in [0.05, 0.1) is 10.6 Å². The van der Waals surface area contributed by atoms with Crippen molar-refractivity contribution >= 4 is 34.8 Å². The molecular weight excluding hydrogens is 397 g/mol. The van der Waals surface area contributed by atoms with Crippen LogP contribution in [0.3, 0.4) is 0 Å². The highest BCUT2D eigenvalue weighted by atomic mass is 35.5. The summed E-state index contributed by atoms with van der Waals surface area (Å²) in [6, 6.07) is 11.2. The molecule has 0 saturated carbocycles. The van der Waals surface area contributed by atoms with E-state index in [9.17, 15) is 14.0 Å². The number of amides is 2. The van der Waals surface area contributed by atoms with Gasteiger partial charge in [-0.2, -0.15) is 0 Å². The zero-order chi connectivity index (χ0) is 20.5. The van der Waals surface area contributed by atoms with Crippen LogP contribution in [0.25, 0.3) is 11.3 Å². The second-order valence-electron chi connectivity index (χ2n) is 6.71. The lowest BCUT2D eigenvalue weighted by Gasteiger charge is -2.16. The summed E-state index contributed by atoms with van der Waals surface area (Å²) < 4.78 is 19.5. The fourth-order valence-electron chi connectivity index (χ4n) is 3.40. The van der Waals surface area contributed by atoms with Crippen LogP contribution in [0.1, 0.15) is 29.0 Å². The van der Waals surface area contributed by atoms with Crippen LogP contribution in [0.15, 0.2) is 47.0 Å². The van der Waals surface area contributed by atoms with Crippen molar-refractivity contribution in [2.45, 2.75) is 19.8 Å². The van der Waals surface area contributed by atoms with Gasteiger partial charge >= 0.3 is 0 Å². The molecule has 1 aliphatic rings. The number of anilines is 2. The second kappa shape index (κ2) is 7.67. The minimum Gasteiger partial charge on any atom is -0.360 e. The molecule has 1 saturated heterocycles. The number of aryl methyl sites for hydroxylation is 1. The SMILES string of the molecule is Cc1onc(-c2c(F)cccc2Cl)c1C(=O)Nc1cccc(N2CCCC2=O)c1.